The lowest BCUT2D eigenvalue weighted by molar-refractivity contribution is 0.0999. The van der Waals surface area contributed by atoms with Crippen LogP contribution >= 0.6 is 0 Å². The van der Waals surface area contributed by atoms with Crippen molar-refractivity contribution in [3.8, 4) is 0 Å². The number of rotatable bonds is 4. The Morgan fingerprint density at radius 2 is 1.70 bits per heavy atom. The molecular weight excluding hydrogens is 254 g/mol. The van der Waals surface area contributed by atoms with Gasteiger partial charge in [-0.2, -0.15) is 0 Å². The minimum atomic E-state index is -0.567. The van der Waals surface area contributed by atoms with E-state index in [0.29, 0.717) is 22.6 Å². The molecule has 0 heterocycles. The number of carbonyl (C=O) groups excluding carboxylic acids is 2. The predicted molar refractivity (Wildman–Crippen MR) is 78.5 cm³/mol. The second kappa shape index (κ2) is 5.15. The summed E-state index contributed by atoms with van der Waals surface area (Å²) in [5, 5.41) is 3.37. The first-order valence-corrected chi connectivity index (χ1v) is 6.78. The molecule has 1 aliphatic carbocycles. The van der Waals surface area contributed by atoms with Gasteiger partial charge >= 0.3 is 0 Å². The van der Waals surface area contributed by atoms with E-state index in [9.17, 15) is 9.59 Å². The molecule has 0 aliphatic heterocycles. The van der Waals surface area contributed by atoms with E-state index in [1.807, 2.05) is 0 Å². The molecule has 1 fully saturated rings. The summed E-state index contributed by atoms with van der Waals surface area (Å²) in [6, 6.07) is 5.10. The number of amides is 2. The first kappa shape index (κ1) is 14.4. The lowest BCUT2D eigenvalue weighted by Gasteiger charge is -2.19. The standard InChI is InChI=1S/C15H21N3O2/c1-15(2)4-3-11(8-15)18-12-6-9(13(16)19)5-10(7-12)14(17)20/h5-7,11,18H,3-4,8H2,1-2H3,(H2,16,19)(H2,17,20). The van der Waals surface area contributed by atoms with Gasteiger partial charge in [0.1, 0.15) is 0 Å². The zero-order chi connectivity index (χ0) is 14.9. The maximum Gasteiger partial charge on any atom is 0.248 e. The Bertz CT molecular complexity index is 520. The molecule has 0 bridgehead atoms. The minimum absolute atomic E-state index is 0.293. The molecule has 5 heteroatoms. The van der Waals surface area contributed by atoms with E-state index in [1.165, 1.54) is 6.07 Å². The van der Waals surface area contributed by atoms with Crippen molar-refractivity contribution in [3.05, 3.63) is 29.3 Å². The van der Waals surface area contributed by atoms with Crippen LogP contribution in [0, 0.1) is 5.41 Å². The lowest BCUT2D eigenvalue weighted by atomic mass is 9.92. The highest BCUT2D eigenvalue weighted by molar-refractivity contribution is 5.99. The molecule has 20 heavy (non-hydrogen) atoms. The third-order valence-corrected chi connectivity index (χ3v) is 3.84. The summed E-state index contributed by atoms with van der Waals surface area (Å²) in [4.78, 5) is 22.6. The number of carbonyl (C=O) groups is 2. The summed E-state index contributed by atoms with van der Waals surface area (Å²) in [6.45, 7) is 4.48. The van der Waals surface area contributed by atoms with Crippen LogP contribution in [-0.4, -0.2) is 17.9 Å². The summed E-state index contributed by atoms with van der Waals surface area (Å²) in [6.07, 6.45) is 3.28. The van der Waals surface area contributed by atoms with Crippen LogP contribution in [0.4, 0.5) is 5.69 Å². The molecule has 2 amide bonds. The van der Waals surface area contributed by atoms with Gasteiger partial charge in [0, 0.05) is 22.9 Å². The van der Waals surface area contributed by atoms with Gasteiger partial charge in [0.2, 0.25) is 11.8 Å². The van der Waals surface area contributed by atoms with Crippen LogP contribution in [0.15, 0.2) is 18.2 Å². The van der Waals surface area contributed by atoms with Gasteiger partial charge in [-0.15, -0.1) is 0 Å². The molecule has 1 aliphatic rings. The van der Waals surface area contributed by atoms with Crippen LogP contribution in [0.3, 0.4) is 0 Å². The molecule has 1 atom stereocenters. The van der Waals surface area contributed by atoms with Gasteiger partial charge in [-0.3, -0.25) is 9.59 Å². The number of nitrogens with two attached hydrogens (primary N) is 2. The highest BCUT2D eigenvalue weighted by Crippen LogP contribution is 2.38. The molecule has 5 N–H and O–H groups in total. The van der Waals surface area contributed by atoms with Crippen molar-refractivity contribution in [1.82, 2.24) is 0 Å². The summed E-state index contributed by atoms with van der Waals surface area (Å²) in [7, 11) is 0. The molecule has 108 valence electrons. The van der Waals surface area contributed by atoms with Crippen molar-refractivity contribution in [1.29, 1.82) is 0 Å². The fourth-order valence-electron chi connectivity index (χ4n) is 2.79. The number of primary amides is 2. The zero-order valence-electron chi connectivity index (χ0n) is 11.9. The minimum Gasteiger partial charge on any atom is -0.382 e. The molecular formula is C15H21N3O2. The van der Waals surface area contributed by atoms with E-state index in [-0.39, 0.29) is 0 Å². The van der Waals surface area contributed by atoms with Crippen molar-refractivity contribution in [2.24, 2.45) is 16.9 Å². The summed E-state index contributed by atoms with van der Waals surface area (Å²) in [5.41, 5.74) is 12.2. The van der Waals surface area contributed by atoms with E-state index >= 15 is 0 Å². The topological polar surface area (TPSA) is 98.2 Å². The Morgan fingerprint density at radius 3 is 2.10 bits per heavy atom. The van der Waals surface area contributed by atoms with E-state index in [4.69, 9.17) is 11.5 Å². The van der Waals surface area contributed by atoms with Crippen LogP contribution in [0.5, 0.6) is 0 Å². The summed E-state index contributed by atoms with van der Waals surface area (Å²) >= 11 is 0. The second-order valence-corrected chi connectivity index (χ2v) is 6.28. The largest absolute Gasteiger partial charge is 0.382 e. The van der Waals surface area contributed by atoms with Crippen LogP contribution in [-0.2, 0) is 0 Å². The fourth-order valence-corrected chi connectivity index (χ4v) is 2.79. The van der Waals surface area contributed by atoms with E-state index in [2.05, 4.69) is 19.2 Å². The van der Waals surface area contributed by atoms with Crippen LogP contribution in [0.2, 0.25) is 0 Å². The lowest BCUT2D eigenvalue weighted by Crippen LogP contribution is -2.20. The molecule has 2 rings (SSSR count). The van der Waals surface area contributed by atoms with Crippen molar-refractivity contribution in [3.63, 3.8) is 0 Å². The van der Waals surface area contributed by atoms with Crippen molar-refractivity contribution < 1.29 is 9.59 Å². The zero-order valence-corrected chi connectivity index (χ0v) is 11.9. The molecule has 1 aromatic rings. The third kappa shape index (κ3) is 3.29. The van der Waals surface area contributed by atoms with Gasteiger partial charge < -0.3 is 16.8 Å². The highest BCUT2D eigenvalue weighted by Gasteiger charge is 2.30. The molecule has 1 saturated carbocycles. The maximum atomic E-state index is 11.3. The fraction of sp³-hybridized carbons (Fsp3) is 0.467. The highest BCUT2D eigenvalue weighted by atomic mass is 16.1. The van der Waals surface area contributed by atoms with Gasteiger partial charge in [-0.1, -0.05) is 13.8 Å². The Balaban J connectivity index is 2.23. The number of hydrogen-bond donors (Lipinski definition) is 3. The van der Waals surface area contributed by atoms with Crippen molar-refractivity contribution >= 4 is 17.5 Å². The Morgan fingerprint density at radius 1 is 1.15 bits per heavy atom. The van der Waals surface area contributed by atoms with Crippen molar-refractivity contribution in [2.45, 2.75) is 39.2 Å². The van der Waals surface area contributed by atoms with E-state index < -0.39 is 11.8 Å². The van der Waals surface area contributed by atoms with E-state index in [0.717, 1.165) is 24.9 Å². The summed E-state index contributed by atoms with van der Waals surface area (Å²) in [5.74, 6) is -1.13. The smallest absolute Gasteiger partial charge is 0.248 e. The summed E-state index contributed by atoms with van der Waals surface area (Å²) < 4.78 is 0. The van der Waals surface area contributed by atoms with Crippen molar-refractivity contribution in [2.75, 3.05) is 5.32 Å². The second-order valence-electron chi connectivity index (χ2n) is 6.28. The number of nitrogens with one attached hydrogen (secondary N) is 1. The molecule has 0 aromatic heterocycles. The quantitative estimate of drug-likeness (QED) is 0.782. The Kier molecular flexibility index (Phi) is 3.70. The first-order valence-electron chi connectivity index (χ1n) is 6.78. The van der Waals surface area contributed by atoms with Gasteiger partial charge in [-0.25, -0.2) is 0 Å². The third-order valence-electron chi connectivity index (χ3n) is 3.84. The maximum absolute atomic E-state index is 11.3. The first-order chi connectivity index (χ1) is 9.27. The molecule has 1 aromatic carbocycles. The molecule has 0 saturated heterocycles. The Labute approximate surface area is 118 Å². The molecule has 0 radical (unpaired) electrons. The van der Waals surface area contributed by atoms with Gasteiger partial charge in [0.15, 0.2) is 0 Å². The average Bonchev–Trinajstić information content (AvgIpc) is 2.68. The van der Waals surface area contributed by atoms with Gasteiger partial charge in [0.05, 0.1) is 0 Å². The number of hydrogen-bond acceptors (Lipinski definition) is 3. The number of benzene rings is 1. The van der Waals surface area contributed by atoms with E-state index in [1.54, 1.807) is 12.1 Å². The van der Waals surface area contributed by atoms with Gasteiger partial charge in [0.25, 0.3) is 0 Å². The average molecular weight is 275 g/mol. The predicted octanol–water partition coefficient (Wildman–Crippen LogP) is 1.87. The van der Waals surface area contributed by atoms with Crippen LogP contribution in [0.25, 0.3) is 0 Å². The van der Waals surface area contributed by atoms with Gasteiger partial charge in [-0.05, 0) is 42.9 Å². The van der Waals surface area contributed by atoms with Crippen LogP contribution in [0.1, 0.15) is 53.8 Å². The normalized spacial score (nSPS) is 20.6. The molecule has 0 spiro atoms. The molecule has 5 nitrogen and oxygen atoms in total. The van der Waals surface area contributed by atoms with Crippen LogP contribution < -0.4 is 16.8 Å². The SMILES string of the molecule is CC1(C)CCC(Nc2cc(C(N)=O)cc(C(N)=O)c2)C1. The molecule has 1 unspecified atom stereocenters. The number of anilines is 1. The monoisotopic (exact) mass is 275 g/mol. The Hall–Kier alpha value is -2.04.